The molecule has 0 aliphatic heterocycles. The highest BCUT2D eigenvalue weighted by Gasteiger charge is 1.97. The van der Waals surface area contributed by atoms with Gasteiger partial charge in [-0.3, -0.25) is 0 Å². The zero-order valence-electron chi connectivity index (χ0n) is 6.10. The molecule has 0 fully saturated rings. The van der Waals surface area contributed by atoms with Crippen molar-refractivity contribution in [2.24, 2.45) is 0 Å². The highest BCUT2D eigenvalue weighted by atomic mass is 16.5. The lowest BCUT2D eigenvalue weighted by Gasteiger charge is -2.05. The maximum atomic E-state index is 4.89. The van der Waals surface area contributed by atoms with Crippen molar-refractivity contribution in [2.45, 2.75) is 6.92 Å². The van der Waals surface area contributed by atoms with E-state index in [0.717, 1.165) is 0 Å². The Kier molecular flexibility index (Phi) is 3.60. The van der Waals surface area contributed by atoms with Crippen LogP contribution in [0.1, 0.15) is 6.92 Å². The largest absolute Gasteiger partial charge is 0.494 e. The average Bonchev–Trinajstić information content (AvgIpc) is 1.90. The number of allylic oxidation sites excluding steroid dienone is 1. The van der Waals surface area contributed by atoms with Gasteiger partial charge in [0.05, 0.1) is 14.2 Å². The SMILES string of the molecule is C=C(OC)C(=CC)OC. The molecule has 0 N–H and O–H groups in total. The maximum Gasteiger partial charge on any atom is 0.155 e. The summed E-state index contributed by atoms with van der Waals surface area (Å²) in [5, 5.41) is 0. The lowest BCUT2D eigenvalue weighted by Crippen LogP contribution is -1.91. The fourth-order valence-corrected chi connectivity index (χ4v) is 0.493. The van der Waals surface area contributed by atoms with Crippen LogP contribution in [0.25, 0.3) is 0 Å². The molecule has 0 rings (SSSR count). The van der Waals surface area contributed by atoms with Crippen molar-refractivity contribution < 1.29 is 9.47 Å². The molecule has 52 valence electrons. The zero-order valence-corrected chi connectivity index (χ0v) is 6.10. The Hall–Kier alpha value is -0.920. The molecule has 0 radical (unpaired) electrons. The lowest BCUT2D eigenvalue weighted by molar-refractivity contribution is 0.221. The summed E-state index contributed by atoms with van der Waals surface area (Å²) in [6, 6.07) is 0. The normalized spacial score (nSPS) is 10.8. The lowest BCUT2D eigenvalue weighted by atomic mass is 10.4. The van der Waals surface area contributed by atoms with Gasteiger partial charge in [-0.2, -0.15) is 0 Å². The fraction of sp³-hybridized carbons (Fsp3) is 0.429. The molecule has 0 heterocycles. The monoisotopic (exact) mass is 128 g/mol. The summed E-state index contributed by atoms with van der Waals surface area (Å²) in [5.41, 5.74) is 0. The van der Waals surface area contributed by atoms with Crippen molar-refractivity contribution in [3.05, 3.63) is 24.2 Å². The van der Waals surface area contributed by atoms with Crippen LogP contribution in [0.15, 0.2) is 24.2 Å². The predicted octanol–water partition coefficient (Wildman–Crippen LogP) is 1.70. The molecule has 0 aliphatic rings. The summed E-state index contributed by atoms with van der Waals surface area (Å²) < 4.78 is 9.70. The van der Waals surface area contributed by atoms with Gasteiger partial charge in [0, 0.05) is 0 Å². The third kappa shape index (κ3) is 2.22. The minimum absolute atomic E-state index is 0.556. The van der Waals surface area contributed by atoms with Crippen LogP contribution in [0.2, 0.25) is 0 Å². The molecule has 0 aromatic carbocycles. The molecule has 0 spiro atoms. The Morgan fingerprint density at radius 1 is 1.33 bits per heavy atom. The van der Waals surface area contributed by atoms with Gasteiger partial charge >= 0.3 is 0 Å². The second-order valence-electron chi connectivity index (χ2n) is 1.48. The van der Waals surface area contributed by atoms with E-state index in [-0.39, 0.29) is 0 Å². The van der Waals surface area contributed by atoms with Gasteiger partial charge in [0.15, 0.2) is 11.5 Å². The van der Waals surface area contributed by atoms with Gasteiger partial charge in [-0.05, 0) is 13.0 Å². The van der Waals surface area contributed by atoms with Crippen molar-refractivity contribution >= 4 is 0 Å². The van der Waals surface area contributed by atoms with E-state index in [1.165, 1.54) is 0 Å². The quantitative estimate of drug-likeness (QED) is 0.425. The number of hydrogen-bond donors (Lipinski definition) is 0. The van der Waals surface area contributed by atoms with Crippen molar-refractivity contribution in [1.82, 2.24) is 0 Å². The van der Waals surface area contributed by atoms with E-state index in [4.69, 9.17) is 9.47 Å². The molecule has 2 heteroatoms. The van der Waals surface area contributed by atoms with Gasteiger partial charge in [0.1, 0.15) is 0 Å². The van der Waals surface area contributed by atoms with E-state index in [0.29, 0.717) is 11.5 Å². The highest BCUT2D eigenvalue weighted by Crippen LogP contribution is 2.06. The van der Waals surface area contributed by atoms with Crippen LogP contribution in [-0.2, 0) is 9.47 Å². The molecule has 0 amide bonds. The van der Waals surface area contributed by atoms with E-state index in [9.17, 15) is 0 Å². The molecular formula is C7H12O2. The Bertz CT molecular complexity index is 125. The van der Waals surface area contributed by atoms with Crippen molar-refractivity contribution in [3.63, 3.8) is 0 Å². The standard InChI is InChI=1S/C7H12O2/c1-5-7(9-4)6(2)8-3/h5H,2H2,1,3-4H3. The summed E-state index contributed by atoms with van der Waals surface area (Å²) in [6.45, 7) is 5.46. The molecule has 0 aliphatic carbocycles. The van der Waals surface area contributed by atoms with Gasteiger partial charge in [0.2, 0.25) is 0 Å². The van der Waals surface area contributed by atoms with Gasteiger partial charge < -0.3 is 9.47 Å². The Morgan fingerprint density at radius 2 is 1.89 bits per heavy atom. The minimum Gasteiger partial charge on any atom is -0.494 e. The smallest absolute Gasteiger partial charge is 0.155 e. The molecular weight excluding hydrogens is 116 g/mol. The van der Waals surface area contributed by atoms with E-state index < -0.39 is 0 Å². The van der Waals surface area contributed by atoms with Crippen LogP contribution >= 0.6 is 0 Å². The molecule has 0 saturated carbocycles. The Morgan fingerprint density at radius 3 is 2.00 bits per heavy atom. The first-order valence-corrected chi connectivity index (χ1v) is 2.69. The molecule has 0 aromatic rings. The number of ether oxygens (including phenoxy) is 2. The predicted molar refractivity (Wildman–Crippen MR) is 36.9 cm³/mol. The van der Waals surface area contributed by atoms with Crippen molar-refractivity contribution in [1.29, 1.82) is 0 Å². The first-order chi connectivity index (χ1) is 4.26. The first-order valence-electron chi connectivity index (χ1n) is 2.69. The molecule has 2 nitrogen and oxygen atoms in total. The summed E-state index contributed by atoms with van der Waals surface area (Å²) in [6.07, 6.45) is 1.80. The summed E-state index contributed by atoms with van der Waals surface area (Å²) in [4.78, 5) is 0. The minimum atomic E-state index is 0.556. The van der Waals surface area contributed by atoms with Crippen LogP contribution in [0.3, 0.4) is 0 Å². The van der Waals surface area contributed by atoms with E-state index >= 15 is 0 Å². The van der Waals surface area contributed by atoms with Gasteiger partial charge in [0.25, 0.3) is 0 Å². The summed E-state index contributed by atoms with van der Waals surface area (Å²) in [5.74, 6) is 1.23. The molecule has 0 saturated heterocycles. The molecule has 0 unspecified atom stereocenters. The molecule has 9 heavy (non-hydrogen) atoms. The van der Waals surface area contributed by atoms with Gasteiger partial charge in [-0.25, -0.2) is 0 Å². The second kappa shape index (κ2) is 4.01. The van der Waals surface area contributed by atoms with E-state index in [1.807, 2.05) is 6.92 Å². The number of rotatable bonds is 3. The fourth-order valence-electron chi connectivity index (χ4n) is 0.493. The molecule has 0 aromatic heterocycles. The average molecular weight is 128 g/mol. The summed E-state index contributed by atoms with van der Waals surface area (Å²) in [7, 11) is 3.14. The van der Waals surface area contributed by atoms with Crippen molar-refractivity contribution in [3.8, 4) is 0 Å². The number of hydrogen-bond acceptors (Lipinski definition) is 2. The van der Waals surface area contributed by atoms with E-state index in [2.05, 4.69) is 6.58 Å². The highest BCUT2D eigenvalue weighted by molar-refractivity contribution is 5.15. The topological polar surface area (TPSA) is 18.5 Å². The molecule has 0 bridgehead atoms. The second-order valence-corrected chi connectivity index (χ2v) is 1.48. The van der Waals surface area contributed by atoms with Crippen molar-refractivity contribution in [2.75, 3.05) is 14.2 Å². The third-order valence-electron chi connectivity index (χ3n) is 1.00. The number of methoxy groups -OCH3 is 2. The Labute approximate surface area is 55.8 Å². The van der Waals surface area contributed by atoms with Crippen LogP contribution in [0.4, 0.5) is 0 Å². The van der Waals surface area contributed by atoms with Gasteiger partial charge in [-0.1, -0.05) is 6.58 Å². The Balaban J connectivity index is 3.97. The van der Waals surface area contributed by atoms with E-state index in [1.54, 1.807) is 20.3 Å². The summed E-state index contributed by atoms with van der Waals surface area (Å²) >= 11 is 0. The third-order valence-corrected chi connectivity index (χ3v) is 1.00. The van der Waals surface area contributed by atoms with Crippen LogP contribution in [-0.4, -0.2) is 14.2 Å². The first kappa shape index (κ1) is 8.08. The zero-order chi connectivity index (χ0) is 7.28. The van der Waals surface area contributed by atoms with Crippen LogP contribution < -0.4 is 0 Å². The maximum absolute atomic E-state index is 4.89. The molecule has 0 atom stereocenters. The van der Waals surface area contributed by atoms with Crippen LogP contribution in [0.5, 0.6) is 0 Å². The van der Waals surface area contributed by atoms with Gasteiger partial charge in [-0.15, -0.1) is 0 Å². The van der Waals surface area contributed by atoms with Crippen LogP contribution in [0, 0.1) is 0 Å².